The molecule has 0 spiro atoms. The number of benzene rings is 1. The number of alkyl halides is 3. The van der Waals surface area contributed by atoms with Crippen LogP contribution >= 0.6 is 11.6 Å². The summed E-state index contributed by atoms with van der Waals surface area (Å²) in [5, 5.41) is 5.14. The standard InChI is InChI=1S/C25H26ClF3N6O/c1-24(2,3)21-19(26)23(33(4)32-21)35-14-30-22-20(35)18(34-9-11-36-12-10-34)13-17(31-22)15-7-5-6-8-16(15)25(27,28)29/h5-8,13-14H,9-12H2,1-4H3. The Labute approximate surface area is 211 Å². The topological polar surface area (TPSA) is 61.0 Å². The van der Waals surface area contributed by atoms with E-state index in [1.165, 1.54) is 12.1 Å². The van der Waals surface area contributed by atoms with Crippen molar-refractivity contribution in [3.63, 3.8) is 0 Å². The molecule has 0 unspecified atom stereocenters. The highest BCUT2D eigenvalue weighted by atomic mass is 35.5. The van der Waals surface area contributed by atoms with Crippen LogP contribution < -0.4 is 4.90 Å². The van der Waals surface area contributed by atoms with Crippen molar-refractivity contribution in [2.45, 2.75) is 32.4 Å². The van der Waals surface area contributed by atoms with E-state index < -0.39 is 11.7 Å². The Morgan fingerprint density at radius 3 is 2.39 bits per heavy atom. The number of aryl methyl sites for hydroxylation is 1. The van der Waals surface area contributed by atoms with Gasteiger partial charge in [-0.05, 0) is 12.1 Å². The highest BCUT2D eigenvalue weighted by Gasteiger charge is 2.34. The molecule has 0 amide bonds. The van der Waals surface area contributed by atoms with Gasteiger partial charge in [-0.15, -0.1) is 0 Å². The highest BCUT2D eigenvalue weighted by molar-refractivity contribution is 6.33. The van der Waals surface area contributed by atoms with Crippen LogP contribution in [0.1, 0.15) is 32.0 Å². The third kappa shape index (κ3) is 4.22. The lowest BCUT2D eigenvalue weighted by Crippen LogP contribution is -2.36. The molecule has 0 radical (unpaired) electrons. The van der Waals surface area contributed by atoms with Crippen molar-refractivity contribution in [1.29, 1.82) is 0 Å². The van der Waals surface area contributed by atoms with E-state index in [1.807, 2.05) is 25.3 Å². The summed E-state index contributed by atoms with van der Waals surface area (Å²) in [5.74, 6) is 0.615. The van der Waals surface area contributed by atoms with Crippen LogP contribution in [0.5, 0.6) is 0 Å². The average Bonchev–Trinajstić information content (AvgIpc) is 3.38. The first-order valence-electron chi connectivity index (χ1n) is 11.6. The second kappa shape index (κ2) is 8.77. The summed E-state index contributed by atoms with van der Waals surface area (Å²) < 4.78 is 50.5. The number of ether oxygens (including phenoxy) is 1. The van der Waals surface area contributed by atoms with Gasteiger partial charge in [0.15, 0.2) is 11.5 Å². The molecular weight excluding hydrogens is 493 g/mol. The molecule has 11 heteroatoms. The SMILES string of the molecule is Cn1nc(C(C)(C)C)c(Cl)c1-n1cnc2nc(-c3ccccc3C(F)(F)F)cc(N3CCOCC3)c21. The Morgan fingerprint density at radius 2 is 1.75 bits per heavy atom. The molecule has 4 aromatic rings. The van der Waals surface area contributed by atoms with E-state index in [0.717, 1.165) is 11.8 Å². The first kappa shape index (κ1) is 24.6. The van der Waals surface area contributed by atoms with Gasteiger partial charge in [0.1, 0.15) is 16.9 Å². The van der Waals surface area contributed by atoms with Crippen LogP contribution in [0.4, 0.5) is 18.9 Å². The number of imidazole rings is 1. The molecule has 1 aliphatic rings. The summed E-state index contributed by atoms with van der Waals surface area (Å²) in [4.78, 5) is 11.2. The molecular formula is C25H26ClF3N6O. The molecule has 1 aliphatic heterocycles. The van der Waals surface area contributed by atoms with Crippen molar-refractivity contribution in [2.75, 3.05) is 31.2 Å². The second-order valence-corrected chi connectivity index (χ2v) is 10.2. The number of rotatable bonds is 3. The summed E-state index contributed by atoms with van der Waals surface area (Å²) in [5.41, 5.74) is 1.59. The number of pyridine rings is 1. The van der Waals surface area contributed by atoms with Gasteiger partial charge in [-0.2, -0.15) is 18.3 Å². The van der Waals surface area contributed by atoms with Gasteiger partial charge in [-0.25, -0.2) is 9.97 Å². The summed E-state index contributed by atoms with van der Waals surface area (Å²) in [7, 11) is 1.80. The normalized spacial score (nSPS) is 15.2. The van der Waals surface area contributed by atoms with E-state index >= 15 is 0 Å². The minimum absolute atomic E-state index is 0.00421. The number of nitrogens with zero attached hydrogens (tertiary/aromatic N) is 6. The third-order valence-electron chi connectivity index (χ3n) is 6.25. The number of hydrogen-bond donors (Lipinski definition) is 0. The van der Waals surface area contributed by atoms with Crippen molar-refractivity contribution < 1.29 is 17.9 Å². The van der Waals surface area contributed by atoms with E-state index in [2.05, 4.69) is 20.0 Å². The van der Waals surface area contributed by atoms with Gasteiger partial charge >= 0.3 is 6.18 Å². The van der Waals surface area contributed by atoms with Crippen molar-refractivity contribution in [3.8, 4) is 17.1 Å². The minimum Gasteiger partial charge on any atom is -0.378 e. The molecule has 0 atom stereocenters. The highest BCUT2D eigenvalue weighted by Crippen LogP contribution is 2.40. The maximum Gasteiger partial charge on any atom is 0.417 e. The number of halogens is 4. The molecule has 1 fully saturated rings. The first-order valence-corrected chi connectivity index (χ1v) is 12.0. The second-order valence-electron chi connectivity index (χ2n) is 9.82. The smallest absolute Gasteiger partial charge is 0.378 e. The first-order chi connectivity index (χ1) is 17.0. The fourth-order valence-corrected chi connectivity index (χ4v) is 5.07. The van der Waals surface area contributed by atoms with Crippen LogP contribution in [0.25, 0.3) is 28.2 Å². The van der Waals surface area contributed by atoms with Crippen molar-refractivity contribution in [2.24, 2.45) is 7.05 Å². The molecule has 0 saturated carbocycles. The van der Waals surface area contributed by atoms with E-state index in [0.29, 0.717) is 54.0 Å². The predicted octanol–water partition coefficient (Wildman–Crippen LogP) is 5.63. The zero-order valence-electron chi connectivity index (χ0n) is 20.4. The average molecular weight is 519 g/mol. The Bertz CT molecular complexity index is 1430. The van der Waals surface area contributed by atoms with Gasteiger partial charge in [0.05, 0.1) is 35.9 Å². The zero-order chi connectivity index (χ0) is 25.8. The number of morpholine rings is 1. The number of hydrogen-bond acceptors (Lipinski definition) is 5. The summed E-state index contributed by atoms with van der Waals surface area (Å²) in [6.45, 7) is 8.26. The molecule has 7 nitrogen and oxygen atoms in total. The third-order valence-corrected chi connectivity index (χ3v) is 6.60. The van der Waals surface area contributed by atoms with Crippen LogP contribution in [-0.2, 0) is 23.4 Å². The van der Waals surface area contributed by atoms with Gasteiger partial charge in [0.25, 0.3) is 0 Å². The lowest BCUT2D eigenvalue weighted by atomic mass is 9.92. The monoisotopic (exact) mass is 518 g/mol. The zero-order valence-corrected chi connectivity index (χ0v) is 21.2. The van der Waals surface area contributed by atoms with E-state index in [9.17, 15) is 13.2 Å². The molecule has 36 heavy (non-hydrogen) atoms. The number of fused-ring (bicyclic) bond motifs is 1. The van der Waals surface area contributed by atoms with Gasteiger partial charge in [0.2, 0.25) is 0 Å². The van der Waals surface area contributed by atoms with Crippen LogP contribution in [0.2, 0.25) is 5.02 Å². The largest absolute Gasteiger partial charge is 0.417 e. The predicted molar refractivity (Wildman–Crippen MR) is 133 cm³/mol. The van der Waals surface area contributed by atoms with E-state index in [-0.39, 0.29) is 16.7 Å². The molecule has 5 rings (SSSR count). The van der Waals surface area contributed by atoms with Gasteiger partial charge in [0, 0.05) is 31.1 Å². The summed E-state index contributed by atoms with van der Waals surface area (Å²) in [6, 6.07) is 7.15. The Hall–Kier alpha value is -3.11. The summed E-state index contributed by atoms with van der Waals surface area (Å²) in [6.07, 6.45) is -2.92. The Balaban J connectivity index is 1.77. The van der Waals surface area contributed by atoms with Crippen molar-refractivity contribution in [3.05, 3.63) is 52.9 Å². The Morgan fingerprint density at radius 1 is 1.06 bits per heavy atom. The molecule has 190 valence electrons. The van der Waals surface area contributed by atoms with Crippen LogP contribution in [0.3, 0.4) is 0 Å². The number of aromatic nitrogens is 5. The van der Waals surface area contributed by atoms with Crippen molar-refractivity contribution >= 4 is 28.5 Å². The lowest BCUT2D eigenvalue weighted by Gasteiger charge is -2.30. The quantitative estimate of drug-likeness (QED) is 0.352. The van der Waals surface area contributed by atoms with Gasteiger partial charge in [-0.1, -0.05) is 50.6 Å². The molecule has 4 heterocycles. The molecule has 0 bridgehead atoms. The van der Waals surface area contributed by atoms with Crippen LogP contribution in [0, 0.1) is 0 Å². The van der Waals surface area contributed by atoms with Gasteiger partial charge < -0.3 is 9.64 Å². The Kier molecular flexibility index (Phi) is 5.99. The van der Waals surface area contributed by atoms with Crippen molar-refractivity contribution in [1.82, 2.24) is 24.3 Å². The molecule has 3 aromatic heterocycles. The number of anilines is 1. The lowest BCUT2D eigenvalue weighted by molar-refractivity contribution is -0.137. The van der Waals surface area contributed by atoms with Gasteiger partial charge in [-0.3, -0.25) is 9.25 Å². The van der Waals surface area contributed by atoms with E-state index in [1.54, 1.807) is 30.2 Å². The molecule has 1 saturated heterocycles. The van der Waals surface area contributed by atoms with E-state index in [4.69, 9.17) is 16.3 Å². The van der Waals surface area contributed by atoms with Crippen LogP contribution in [-0.4, -0.2) is 50.6 Å². The minimum atomic E-state index is -4.52. The summed E-state index contributed by atoms with van der Waals surface area (Å²) >= 11 is 6.83. The fourth-order valence-electron chi connectivity index (χ4n) is 4.53. The molecule has 1 aromatic carbocycles. The fraction of sp³-hybridized carbons (Fsp3) is 0.400. The maximum absolute atomic E-state index is 13.8. The van der Waals surface area contributed by atoms with Crippen LogP contribution in [0.15, 0.2) is 36.7 Å². The maximum atomic E-state index is 13.8. The molecule has 0 aliphatic carbocycles. The molecule has 0 N–H and O–H groups in total.